The fourth-order valence-corrected chi connectivity index (χ4v) is 4.30. The first-order valence-corrected chi connectivity index (χ1v) is 11.8. The van der Waals surface area contributed by atoms with Crippen molar-refractivity contribution in [1.82, 2.24) is 14.6 Å². The summed E-state index contributed by atoms with van der Waals surface area (Å²) in [5, 5.41) is 4.34. The van der Waals surface area contributed by atoms with Crippen LogP contribution >= 0.6 is 11.3 Å². The minimum absolute atomic E-state index is 0.0628. The van der Waals surface area contributed by atoms with E-state index in [4.69, 9.17) is 4.74 Å². The van der Waals surface area contributed by atoms with Gasteiger partial charge in [-0.05, 0) is 46.7 Å². The number of benzene rings is 2. The molecule has 0 unspecified atom stereocenters. The van der Waals surface area contributed by atoms with Gasteiger partial charge >= 0.3 is 0 Å². The summed E-state index contributed by atoms with van der Waals surface area (Å²) in [6.07, 6.45) is 3.05. The molecule has 2 aromatic carbocycles. The lowest BCUT2D eigenvalue weighted by Gasteiger charge is -2.18. The zero-order valence-corrected chi connectivity index (χ0v) is 20.1. The van der Waals surface area contributed by atoms with Crippen molar-refractivity contribution in [1.29, 1.82) is 0 Å². The Morgan fingerprint density at radius 1 is 1.03 bits per heavy atom. The minimum atomic E-state index is -0.413. The van der Waals surface area contributed by atoms with E-state index in [1.165, 1.54) is 21.4 Å². The molecule has 0 saturated heterocycles. The van der Waals surface area contributed by atoms with Crippen LogP contribution in [0.1, 0.15) is 56.5 Å². The molecule has 0 aliphatic rings. The Labute approximate surface area is 196 Å². The number of fused-ring (bicyclic) bond motifs is 1. The van der Waals surface area contributed by atoms with Gasteiger partial charge in [0.15, 0.2) is 0 Å². The molecule has 0 amide bonds. The second kappa shape index (κ2) is 9.27. The summed E-state index contributed by atoms with van der Waals surface area (Å²) >= 11 is 1.17. The molecule has 4 rings (SSSR count). The Hall–Kier alpha value is -3.32. The molecular formula is C26H27N3O3S. The van der Waals surface area contributed by atoms with Gasteiger partial charge in [-0.3, -0.25) is 9.59 Å². The molecule has 0 spiro atoms. The molecule has 0 radical (unpaired) electrons. The third-order valence-corrected chi connectivity index (χ3v) is 6.25. The van der Waals surface area contributed by atoms with Crippen molar-refractivity contribution in [2.24, 2.45) is 0 Å². The first kappa shape index (κ1) is 22.9. The molecule has 0 bridgehead atoms. The summed E-state index contributed by atoms with van der Waals surface area (Å²) in [5.41, 5.74) is 2.66. The van der Waals surface area contributed by atoms with E-state index in [9.17, 15) is 9.59 Å². The molecule has 0 saturated carbocycles. The molecule has 33 heavy (non-hydrogen) atoms. The fourth-order valence-electron chi connectivity index (χ4n) is 3.40. The molecule has 0 N–H and O–H groups in total. The molecule has 0 aliphatic carbocycles. The Morgan fingerprint density at radius 3 is 2.36 bits per heavy atom. The first-order chi connectivity index (χ1) is 15.7. The average molecular weight is 462 g/mol. The zero-order chi connectivity index (χ0) is 23.6. The van der Waals surface area contributed by atoms with E-state index in [0.717, 1.165) is 23.3 Å². The molecule has 170 valence electrons. The second-order valence-electron chi connectivity index (χ2n) is 9.02. The average Bonchev–Trinajstić information content (AvgIpc) is 3.07. The predicted molar refractivity (Wildman–Crippen MR) is 132 cm³/mol. The van der Waals surface area contributed by atoms with E-state index in [1.807, 2.05) is 42.5 Å². The van der Waals surface area contributed by atoms with E-state index >= 15 is 0 Å². The first-order valence-electron chi connectivity index (χ1n) is 11.0. The number of aromatic nitrogens is 3. The van der Waals surface area contributed by atoms with Crippen LogP contribution in [-0.2, 0) is 11.8 Å². The molecule has 2 aromatic heterocycles. The van der Waals surface area contributed by atoms with E-state index in [1.54, 1.807) is 0 Å². The summed E-state index contributed by atoms with van der Waals surface area (Å²) in [6.45, 7) is 9.20. The standard InChI is InChI=1S/C26H27N3O3S/c1-5-14-32-20-12-8-17(9-13-20)15-21-23(30)27-25-29(28-21)24(31)22(33-25)16-18-6-10-19(11-7-18)26(2,3)4/h6-13,16H,5,14-15H2,1-4H3/b22-16-. The number of hydrogen-bond acceptors (Lipinski definition) is 6. The highest BCUT2D eigenvalue weighted by molar-refractivity contribution is 7.15. The predicted octanol–water partition coefficient (Wildman–Crippen LogP) is 3.74. The van der Waals surface area contributed by atoms with Gasteiger partial charge in [0.2, 0.25) is 4.96 Å². The van der Waals surface area contributed by atoms with Crippen LogP contribution in [-0.4, -0.2) is 21.2 Å². The molecule has 2 heterocycles. The summed E-state index contributed by atoms with van der Waals surface area (Å²) in [4.78, 5) is 29.9. The van der Waals surface area contributed by atoms with Crippen LogP contribution in [0.3, 0.4) is 0 Å². The highest BCUT2D eigenvalue weighted by Crippen LogP contribution is 2.22. The fraction of sp³-hybridized carbons (Fsp3) is 0.308. The van der Waals surface area contributed by atoms with Crippen molar-refractivity contribution >= 4 is 22.4 Å². The van der Waals surface area contributed by atoms with Crippen LogP contribution in [0.2, 0.25) is 0 Å². The Morgan fingerprint density at radius 2 is 1.73 bits per heavy atom. The molecule has 0 fully saturated rings. The van der Waals surface area contributed by atoms with Gasteiger partial charge in [0.25, 0.3) is 11.1 Å². The van der Waals surface area contributed by atoms with E-state index in [2.05, 4.69) is 49.9 Å². The van der Waals surface area contributed by atoms with Crippen LogP contribution in [0.4, 0.5) is 0 Å². The number of thiazole rings is 1. The lowest BCUT2D eigenvalue weighted by molar-refractivity contribution is 0.317. The van der Waals surface area contributed by atoms with Crippen LogP contribution in [0.5, 0.6) is 5.75 Å². The smallest absolute Gasteiger partial charge is 0.296 e. The Balaban J connectivity index is 1.64. The van der Waals surface area contributed by atoms with Crippen LogP contribution in [0.15, 0.2) is 58.1 Å². The maximum Gasteiger partial charge on any atom is 0.296 e. The van der Waals surface area contributed by atoms with Crippen molar-refractivity contribution in [2.45, 2.75) is 46.0 Å². The van der Waals surface area contributed by atoms with Gasteiger partial charge in [-0.1, -0.05) is 75.4 Å². The van der Waals surface area contributed by atoms with Crippen molar-refractivity contribution < 1.29 is 4.74 Å². The normalized spacial score (nSPS) is 12.4. The largest absolute Gasteiger partial charge is 0.494 e. The van der Waals surface area contributed by atoms with Gasteiger partial charge in [-0.25, -0.2) is 0 Å². The van der Waals surface area contributed by atoms with Crippen LogP contribution < -0.4 is 20.4 Å². The molecular weight excluding hydrogens is 434 g/mol. The lowest BCUT2D eigenvalue weighted by atomic mass is 9.87. The van der Waals surface area contributed by atoms with E-state index in [0.29, 0.717) is 22.5 Å². The van der Waals surface area contributed by atoms with Crippen molar-refractivity contribution in [3.05, 3.63) is 96.2 Å². The minimum Gasteiger partial charge on any atom is -0.494 e. The van der Waals surface area contributed by atoms with Crippen molar-refractivity contribution in [2.75, 3.05) is 6.61 Å². The Bertz CT molecular complexity index is 1430. The van der Waals surface area contributed by atoms with Gasteiger partial charge in [-0.15, -0.1) is 0 Å². The Kier molecular flexibility index (Phi) is 6.42. The monoisotopic (exact) mass is 461 g/mol. The third kappa shape index (κ3) is 5.20. The molecule has 0 aliphatic heterocycles. The third-order valence-electron chi connectivity index (χ3n) is 5.29. The topological polar surface area (TPSA) is 73.6 Å². The molecule has 7 heteroatoms. The van der Waals surface area contributed by atoms with E-state index < -0.39 is 5.56 Å². The SMILES string of the molecule is CCCOc1ccc(Cc2nn3c(=O)/c(=C/c4ccc(C(C)(C)C)cc4)sc3nc2=O)cc1. The van der Waals surface area contributed by atoms with Gasteiger partial charge < -0.3 is 4.74 Å². The maximum atomic E-state index is 12.9. The number of hydrogen-bond donors (Lipinski definition) is 0. The summed E-state index contributed by atoms with van der Waals surface area (Å²) in [6, 6.07) is 15.7. The molecule has 0 atom stereocenters. The lowest BCUT2D eigenvalue weighted by Crippen LogP contribution is -2.28. The van der Waals surface area contributed by atoms with Crippen LogP contribution in [0.25, 0.3) is 11.0 Å². The zero-order valence-electron chi connectivity index (χ0n) is 19.3. The quantitative estimate of drug-likeness (QED) is 0.437. The molecule has 4 aromatic rings. The molecule has 6 nitrogen and oxygen atoms in total. The maximum absolute atomic E-state index is 12.9. The number of rotatable bonds is 6. The number of ether oxygens (including phenoxy) is 1. The summed E-state index contributed by atoms with van der Waals surface area (Å²) < 4.78 is 7.32. The second-order valence-corrected chi connectivity index (χ2v) is 10.0. The summed E-state index contributed by atoms with van der Waals surface area (Å²) in [7, 11) is 0. The van der Waals surface area contributed by atoms with Gasteiger partial charge in [0.1, 0.15) is 11.4 Å². The highest BCUT2D eigenvalue weighted by atomic mass is 32.1. The summed E-state index contributed by atoms with van der Waals surface area (Å²) in [5.74, 6) is 0.786. The van der Waals surface area contributed by atoms with Crippen molar-refractivity contribution in [3.8, 4) is 5.75 Å². The van der Waals surface area contributed by atoms with Gasteiger partial charge in [0.05, 0.1) is 11.1 Å². The highest BCUT2D eigenvalue weighted by Gasteiger charge is 2.14. The van der Waals surface area contributed by atoms with E-state index in [-0.39, 0.29) is 16.7 Å². The van der Waals surface area contributed by atoms with Crippen molar-refractivity contribution in [3.63, 3.8) is 0 Å². The van der Waals surface area contributed by atoms with Gasteiger partial charge in [0, 0.05) is 6.42 Å². The van der Waals surface area contributed by atoms with Crippen LogP contribution in [0, 0.1) is 0 Å². The van der Waals surface area contributed by atoms with Gasteiger partial charge in [-0.2, -0.15) is 14.6 Å². The number of nitrogens with zero attached hydrogens (tertiary/aromatic N) is 3.